The van der Waals surface area contributed by atoms with E-state index in [9.17, 15) is 21.6 Å². The number of benzene rings is 1. The molecule has 0 spiro atoms. The average Bonchev–Trinajstić information content (AvgIpc) is 2.98. The van der Waals surface area contributed by atoms with E-state index < -0.39 is 21.8 Å². The van der Waals surface area contributed by atoms with Crippen LogP contribution in [0.5, 0.6) is 0 Å². The zero-order valence-electron chi connectivity index (χ0n) is 13.5. The SMILES string of the molecule is CNS(=O)(=O)C=Cc1nc(-c2ccc(C(F)(F)F)cc2)c2ccccn12. The van der Waals surface area contributed by atoms with E-state index in [0.717, 1.165) is 17.5 Å². The highest BCUT2D eigenvalue weighted by Gasteiger charge is 2.30. The Morgan fingerprint density at radius 3 is 2.42 bits per heavy atom. The third-order valence-electron chi connectivity index (χ3n) is 3.74. The molecule has 2 aromatic heterocycles. The van der Waals surface area contributed by atoms with E-state index in [0.29, 0.717) is 22.6 Å². The van der Waals surface area contributed by atoms with Gasteiger partial charge in [0, 0.05) is 17.2 Å². The number of rotatable bonds is 4. The lowest BCUT2D eigenvalue weighted by Gasteiger charge is -2.06. The summed E-state index contributed by atoms with van der Waals surface area (Å²) < 4.78 is 65.2. The van der Waals surface area contributed by atoms with Gasteiger partial charge in [0.2, 0.25) is 10.0 Å². The van der Waals surface area contributed by atoms with Gasteiger partial charge in [-0.25, -0.2) is 18.1 Å². The van der Waals surface area contributed by atoms with Gasteiger partial charge in [-0.05, 0) is 37.4 Å². The molecule has 0 aliphatic carbocycles. The van der Waals surface area contributed by atoms with E-state index in [-0.39, 0.29) is 0 Å². The predicted octanol–water partition coefficient (Wildman–Crippen LogP) is 3.54. The monoisotopic (exact) mass is 381 g/mol. The first-order chi connectivity index (χ1) is 12.2. The van der Waals surface area contributed by atoms with Gasteiger partial charge in [-0.2, -0.15) is 13.2 Å². The molecule has 0 unspecified atom stereocenters. The van der Waals surface area contributed by atoms with E-state index in [2.05, 4.69) is 9.71 Å². The molecule has 3 rings (SSSR count). The Morgan fingerprint density at radius 1 is 1.12 bits per heavy atom. The summed E-state index contributed by atoms with van der Waals surface area (Å²) in [4.78, 5) is 4.39. The van der Waals surface area contributed by atoms with Crippen molar-refractivity contribution in [2.75, 3.05) is 7.05 Å². The van der Waals surface area contributed by atoms with Crippen LogP contribution < -0.4 is 4.72 Å². The molecule has 2 heterocycles. The van der Waals surface area contributed by atoms with Gasteiger partial charge in [0.25, 0.3) is 0 Å². The minimum absolute atomic E-state index is 0.342. The van der Waals surface area contributed by atoms with Gasteiger partial charge in [-0.3, -0.25) is 4.40 Å². The van der Waals surface area contributed by atoms with Gasteiger partial charge < -0.3 is 0 Å². The van der Waals surface area contributed by atoms with Crippen LogP contribution in [0.15, 0.2) is 54.1 Å². The zero-order chi connectivity index (χ0) is 18.9. The minimum Gasteiger partial charge on any atom is -0.300 e. The van der Waals surface area contributed by atoms with Gasteiger partial charge in [0.05, 0.1) is 16.8 Å². The highest BCUT2D eigenvalue weighted by Crippen LogP contribution is 2.32. The first-order valence-corrected chi connectivity index (χ1v) is 9.02. The maximum atomic E-state index is 12.7. The Bertz CT molecular complexity index is 1070. The third kappa shape index (κ3) is 3.63. The van der Waals surface area contributed by atoms with Crippen molar-refractivity contribution in [2.45, 2.75) is 6.18 Å². The van der Waals surface area contributed by atoms with Crippen molar-refractivity contribution in [3.8, 4) is 11.3 Å². The van der Waals surface area contributed by atoms with Gasteiger partial charge in [-0.15, -0.1) is 0 Å². The minimum atomic E-state index is -4.41. The molecule has 0 bridgehead atoms. The van der Waals surface area contributed by atoms with E-state index in [4.69, 9.17) is 0 Å². The van der Waals surface area contributed by atoms with Crippen molar-refractivity contribution >= 4 is 21.6 Å². The predicted molar refractivity (Wildman–Crippen MR) is 92.6 cm³/mol. The zero-order valence-corrected chi connectivity index (χ0v) is 14.3. The summed E-state index contributed by atoms with van der Waals surface area (Å²) >= 11 is 0. The molecule has 5 nitrogen and oxygen atoms in total. The Balaban J connectivity index is 2.10. The Labute approximate surface area is 147 Å². The van der Waals surface area contributed by atoms with Gasteiger partial charge in [0.15, 0.2) is 0 Å². The average molecular weight is 381 g/mol. The van der Waals surface area contributed by atoms with Crippen molar-refractivity contribution in [2.24, 2.45) is 0 Å². The normalized spacial score (nSPS) is 12.9. The summed E-state index contributed by atoms with van der Waals surface area (Å²) in [7, 11) is -2.28. The van der Waals surface area contributed by atoms with Crippen molar-refractivity contribution in [1.82, 2.24) is 14.1 Å². The van der Waals surface area contributed by atoms with Crippen LogP contribution in [0.2, 0.25) is 0 Å². The number of nitrogens with zero attached hydrogens (tertiary/aromatic N) is 2. The fraction of sp³-hybridized carbons (Fsp3) is 0.118. The molecule has 0 amide bonds. The van der Waals surface area contributed by atoms with E-state index >= 15 is 0 Å². The third-order valence-corrected chi connectivity index (χ3v) is 4.81. The standard InChI is InChI=1S/C17H14F3N3O2S/c1-21-26(24,25)11-9-15-22-16(14-4-2-3-10-23(14)15)12-5-7-13(8-6-12)17(18,19)20/h2-11,21H,1H3. The number of hydrogen-bond donors (Lipinski definition) is 1. The molecule has 0 atom stereocenters. The highest BCUT2D eigenvalue weighted by atomic mass is 32.2. The molecule has 0 saturated heterocycles. The summed E-state index contributed by atoms with van der Waals surface area (Å²) in [5.74, 6) is 0.342. The summed E-state index contributed by atoms with van der Waals surface area (Å²) in [6.45, 7) is 0. The summed E-state index contributed by atoms with van der Waals surface area (Å²) in [6.07, 6.45) is -1.39. The second-order valence-electron chi connectivity index (χ2n) is 5.40. The first kappa shape index (κ1) is 18.2. The van der Waals surface area contributed by atoms with Crippen LogP contribution in [0, 0.1) is 0 Å². The lowest BCUT2D eigenvalue weighted by atomic mass is 10.1. The largest absolute Gasteiger partial charge is 0.416 e. The first-order valence-electron chi connectivity index (χ1n) is 7.47. The molecule has 0 radical (unpaired) electrons. The van der Waals surface area contributed by atoms with E-state index in [1.165, 1.54) is 25.3 Å². The molecule has 3 aromatic rings. The summed E-state index contributed by atoms with van der Waals surface area (Å²) in [5, 5.41) is 0.977. The second kappa shape index (κ2) is 6.58. The summed E-state index contributed by atoms with van der Waals surface area (Å²) in [6, 6.07) is 9.93. The smallest absolute Gasteiger partial charge is 0.300 e. The maximum Gasteiger partial charge on any atom is 0.416 e. The van der Waals surface area contributed by atoms with Crippen LogP contribution in [0.3, 0.4) is 0 Å². The lowest BCUT2D eigenvalue weighted by Crippen LogP contribution is -2.14. The number of fused-ring (bicyclic) bond motifs is 1. The van der Waals surface area contributed by atoms with Crippen LogP contribution in [0.25, 0.3) is 22.9 Å². The van der Waals surface area contributed by atoms with Crippen LogP contribution in [-0.4, -0.2) is 24.9 Å². The van der Waals surface area contributed by atoms with Gasteiger partial charge in [-0.1, -0.05) is 18.2 Å². The molecule has 1 aromatic carbocycles. The van der Waals surface area contributed by atoms with Crippen LogP contribution in [-0.2, 0) is 16.2 Å². The number of pyridine rings is 1. The molecule has 9 heteroatoms. The van der Waals surface area contributed by atoms with Gasteiger partial charge in [0.1, 0.15) is 5.82 Å². The number of sulfonamides is 1. The molecular weight excluding hydrogens is 367 g/mol. The van der Waals surface area contributed by atoms with E-state index in [1.54, 1.807) is 28.8 Å². The second-order valence-corrected chi connectivity index (χ2v) is 7.17. The number of imidazole rings is 1. The Hall–Kier alpha value is -2.65. The number of alkyl halides is 3. The lowest BCUT2D eigenvalue weighted by molar-refractivity contribution is -0.137. The topological polar surface area (TPSA) is 63.5 Å². The number of aromatic nitrogens is 2. The van der Waals surface area contributed by atoms with Gasteiger partial charge >= 0.3 is 6.18 Å². The van der Waals surface area contributed by atoms with Crippen LogP contribution in [0.1, 0.15) is 11.4 Å². The fourth-order valence-electron chi connectivity index (χ4n) is 2.43. The van der Waals surface area contributed by atoms with E-state index in [1.807, 2.05) is 0 Å². The van der Waals surface area contributed by atoms with Crippen molar-refractivity contribution in [1.29, 1.82) is 0 Å². The van der Waals surface area contributed by atoms with Crippen LogP contribution >= 0.6 is 0 Å². The molecule has 0 aliphatic heterocycles. The number of hydrogen-bond acceptors (Lipinski definition) is 3. The van der Waals surface area contributed by atoms with Crippen molar-refractivity contribution in [3.05, 3.63) is 65.5 Å². The molecule has 1 N–H and O–H groups in total. The fourth-order valence-corrected chi connectivity index (χ4v) is 2.86. The number of nitrogens with one attached hydrogen (secondary N) is 1. The molecule has 26 heavy (non-hydrogen) atoms. The molecule has 136 valence electrons. The maximum absolute atomic E-state index is 12.7. The highest BCUT2D eigenvalue weighted by molar-refractivity contribution is 7.92. The Kier molecular flexibility index (Phi) is 4.59. The number of halogens is 3. The quantitative estimate of drug-likeness (QED) is 0.752. The van der Waals surface area contributed by atoms with Crippen molar-refractivity contribution in [3.63, 3.8) is 0 Å². The molecule has 0 saturated carbocycles. The molecule has 0 aliphatic rings. The van der Waals surface area contributed by atoms with Crippen LogP contribution in [0.4, 0.5) is 13.2 Å². The Morgan fingerprint density at radius 2 is 1.81 bits per heavy atom. The van der Waals surface area contributed by atoms with Crippen molar-refractivity contribution < 1.29 is 21.6 Å². The molecule has 0 fully saturated rings. The summed E-state index contributed by atoms with van der Waals surface area (Å²) in [5.41, 5.74) is 0.859. The molecular formula is C17H14F3N3O2S.